The number of carbonyl (C=O) groups excluding carboxylic acids is 1. The Kier molecular flexibility index (Phi) is 6.84. The molecule has 0 bridgehead atoms. The molecule has 138 valence electrons. The normalized spacial score (nSPS) is 10.8. The maximum absolute atomic E-state index is 11.9. The van der Waals surface area contributed by atoms with Crippen molar-refractivity contribution in [1.29, 1.82) is 0 Å². The number of aromatic hydroxyl groups is 1. The highest BCUT2D eigenvalue weighted by Gasteiger charge is 2.09. The number of phenols is 1. The Balaban J connectivity index is 1.96. The van der Waals surface area contributed by atoms with Crippen molar-refractivity contribution in [3.63, 3.8) is 0 Å². The molecule has 7 heteroatoms. The zero-order valence-corrected chi connectivity index (χ0v) is 17.2. The lowest BCUT2D eigenvalue weighted by Crippen LogP contribution is -2.25. The first-order valence-corrected chi connectivity index (χ1v) is 8.99. The van der Waals surface area contributed by atoms with Gasteiger partial charge in [-0.25, -0.2) is 5.43 Å². The van der Waals surface area contributed by atoms with E-state index in [1.54, 1.807) is 12.1 Å². The summed E-state index contributed by atoms with van der Waals surface area (Å²) >= 11 is 1.99. The molecule has 2 rings (SSSR count). The van der Waals surface area contributed by atoms with Crippen molar-refractivity contribution in [2.45, 2.75) is 20.8 Å². The van der Waals surface area contributed by atoms with Crippen molar-refractivity contribution in [2.24, 2.45) is 5.10 Å². The molecule has 0 saturated carbocycles. The highest BCUT2D eigenvalue weighted by Crippen LogP contribution is 2.31. The monoisotopic (exact) mass is 468 g/mol. The Bertz CT molecular complexity index is 850. The molecule has 2 N–H and O–H groups in total. The Labute approximate surface area is 166 Å². The predicted molar refractivity (Wildman–Crippen MR) is 109 cm³/mol. The van der Waals surface area contributed by atoms with Crippen LogP contribution in [-0.4, -0.2) is 30.9 Å². The number of methoxy groups -OCH3 is 1. The summed E-state index contributed by atoms with van der Waals surface area (Å²) in [5.41, 5.74) is 6.23. The third-order valence-electron chi connectivity index (χ3n) is 3.89. The standard InChI is InChI=1S/C19H21IN2O4/c1-11-5-6-12(2)19(13(11)3)26-10-17(23)22-21-9-14-7-15(20)18(24)16(8-14)25-4/h5-9,24H,10H2,1-4H3,(H,22,23). The van der Waals surface area contributed by atoms with E-state index in [0.29, 0.717) is 14.9 Å². The molecule has 0 fully saturated rings. The van der Waals surface area contributed by atoms with Gasteiger partial charge in [0.2, 0.25) is 0 Å². The van der Waals surface area contributed by atoms with Gasteiger partial charge in [-0.15, -0.1) is 0 Å². The van der Waals surface area contributed by atoms with E-state index in [1.807, 2.05) is 55.5 Å². The third-order valence-corrected chi connectivity index (χ3v) is 4.72. The Morgan fingerprint density at radius 2 is 1.96 bits per heavy atom. The first-order valence-electron chi connectivity index (χ1n) is 7.91. The summed E-state index contributed by atoms with van der Waals surface area (Å²) in [6.07, 6.45) is 1.48. The molecule has 0 spiro atoms. The summed E-state index contributed by atoms with van der Waals surface area (Å²) in [5.74, 6) is 0.786. The molecule has 0 unspecified atom stereocenters. The van der Waals surface area contributed by atoms with Crippen LogP contribution in [0.25, 0.3) is 0 Å². The first kappa shape index (κ1) is 20.0. The van der Waals surface area contributed by atoms with Crippen molar-refractivity contribution < 1.29 is 19.4 Å². The van der Waals surface area contributed by atoms with Crippen LogP contribution in [0.15, 0.2) is 29.4 Å². The SMILES string of the molecule is COc1cc(C=NNC(=O)COc2c(C)ccc(C)c2C)cc(I)c1O. The highest BCUT2D eigenvalue weighted by atomic mass is 127. The van der Waals surface area contributed by atoms with Gasteiger partial charge in [0.05, 0.1) is 16.9 Å². The van der Waals surface area contributed by atoms with Gasteiger partial charge in [0.15, 0.2) is 18.1 Å². The first-order chi connectivity index (χ1) is 12.3. The number of halogens is 1. The highest BCUT2D eigenvalue weighted by molar-refractivity contribution is 14.1. The second-order valence-corrected chi connectivity index (χ2v) is 6.95. The Morgan fingerprint density at radius 1 is 1.27 bits per heavy atom. The van der Waals surface area contributed by atoms with Crippen LogP contribution in [0.1, 0.15) is 22.3 Å². The summed E-state index contributed by atoms with van der Waals surface area (Å²) in [6.45, 7) is 5.78. The van der Waals surface area contributed by atoms with Crippen LogP contribution in [0, 0.1) is 24.3 Å². The molecule has 0 aliphatic rings. The smallest absolute Gasteiger partial charge is 0.277 e. The number of hydrazone groups is 1. The largest absolute Gasteiger partial charge is 0.504 e. The fourth-order valence-corrected chi connectivity index (χ4v) is 2.95. The Hall–Kier alpha value is -2.29. The topological polar surface area (TPSA) is 80.2 Å². The molecule has 0 aromatic heterocycles. The van der Waals surface area contributed by atoms with Gasteiger partial charge >= 0.3 is 0 Å². The van der Waals surface area contributed by atoms with Crippen molar-refractivity contribution in [1.82, 2.24) is 5.43 Å². The van der Waals surface area contributed by atoms with Gasteiger partial charge in [-0.2, -0.15) is 5.10 Å². The number of hydrogen-bond acceptors (Lipinski definition) is 5. The Morgan fingerprint density at radius 3 is 2.65 bits per heavy atom. The summed E-state index contributed by atoms with van der Waals surface area (Å²) in [6, 6.07) is 7.34. The molecule has 26 heavy (non-hydrogen) atoms. The number of aryl methyl sites for hydroxylation is 2. The molecule has 2 aromatic carbocycles. The van der Waals surface area contributed by atoms with Crippen molar-refractivity contribution in [3.8, 4) is 17.2 Å². The van der Waals surface area contributed by atoms with E-state index in [0.717, 1.165) is 22.4 Å². The number of nitrogens with one attached hydrogen (secondary N) is 1. The van der Waals surface area contributed by atoms with Crippen molar-refractivity contribution >= 4 is 34.7 Å². The van der Waals surface area contributed by atoms with Gasteiger partial charge in [0.1, 0.15) is 5.75 Å². The van der Waals surface area contributed by atoms with E-state index in [-0.39, 0.29) is 18.3 Å². The fourth-order valence-electron chi connectivity index (χ4n) is 2.32. The summed E-state index contributed by atoms with van der Waals surface area (Å²) in [4.78, 5) is 11.9. The van der Waals surface area contributed by atoms with Crippen LogP contribution < -0.4 is 14.9 Å². The van der Waals surface area contributed by atoms with E-state index in [9.17, 15) is 9.90 Å². The molecule has 0 atom stereocenters. The van der Waals surface area contributed by atoms with E-state index in [2.05, 4.69) is 10.5 Å². The third kappa shape index (κ3) is 4.87. The number of ether oxygens (including phenoxy) is 2. The minimum absolute atomic E-state index is 0.0755. The van der Waals surface area contributed by atoms with Gasteiger partial charge in [0.25, 0.3) is 5.91 Å². The van der Waals surface area contributed by atoms with Crippen LogP contribution in [0.2, 0.25) is 0 Å². The minimum atomic E-state index is -0.359. The van der Waals surface area contributed by atoms with E-state index in [4.69, 9.17) is 9.47 Å². The zero-order chi connectivity index (χ0) is 19.3. The van der Waals surface area contributed by atoms with Gasteiger partial charge in [0, 0.05) is 0 Å². The van der Waals surface area contributed by atoms with Gasteiger partial charge in [-0.1, -0.05) is 12.1 Å². The van der Waals surface area contributed by atoms with E-state index >= 15 is 0 Å². The number of amides is 1. The molecule has 0 radical (unpaired) electrons. The maximum atomic E-state index is 11.9. The van der Waals surface area contributed by atoms with Crippen molar-refractivity contribution in [3.05, 3.63) is 50.1 Å². The zero-order valence-electron chi connectivity index (χ0n) is 15.1. The lowest BCUT2D eigenvalue weighted by atomic mass is 10.1. The summed E-state index contributed by atoms with van der Waals surface area (Å²) < 4.78 is 11.4. The average Bonchev–Trinajstić information content (AvgIpc) is 2.61. The van der Waals surface area contributed by atoms with Crippen LogP contribution >= 0.6 is 22.6 Å². The lowest BCUT2D eigenvalue weighted by molar-refractivity contribution is -0.123. The summed E-state index contributed by atoms with van der Waals surface area (Å²) in [7, 11) is 1.47. The van der Waals surface area contributed by atoms with Crippen LogP contribution in [0.3, 0.4) is 0 Å². The fraction of sp³-hybridized carbons (Fsp3) is 0.263. The van der Waals surface area contributed by atoms with Crippen LogP contribution in [-0.2, 0) is 4.79 Å². The molecule has 1 amide bonds. The molecular formula is C19H21IN2O4. The van der Waals surface area contributed by atoms with E-state index in [1.165, 1.54) is 13.3 Å². The maximum Gasteiger partial charge on any atom is 0.277 e. The molecule has 0 aliphatic heterocycles. The lowest BCUT2D eigenvalue weighted by Gasteiger charge is -2.13. The molecule has 0 saturated heterocycles. The number of rotatable bonds is 6. The van der Waals surface area contributed by atoms with Gasteiger partial charge in [-0.3, -0.25) is 4.79 Å². The number of nitrogens with zero attached hydrogens (tertiary/aromatic N) is 1. The molecule has 0 aliphatic carbocycles. The minimum Gasteiger partial charge on any atom is -0.504 e. The van der Waals surface area contributed by atoms with Crippen LogP contribution in [0.4, 0.5) is 0 Å². The predicted octanol–water partition coefficient (Wildman–Crippen LogP) is 3.46. The van der Waals surface area contributed by atoms with Crippen LogP contribution in [0.5, 0.6) is 17.2 Å². The molecule has 6 nitrogen and oxygen atoms in total. The van der Waals surface area contributed by atoms with Gasteiger partial charge < -0.3 is 14.6 Å². The van der Waals surface area contributed by atoms with E-state index < -0.39 is 0 Å². The number of phenolic OH excluding ortho intramolecular Hbond substituents is 1. The van der Waals surface area contributed by atoms with Gasteiger partial charge in [-0.05, 0) is 77.7 Å². The quantitative estimate of drug-likeness (QED) is 0.387. The molecular weight excluding hydrogens is 447 g/mol. The average molecular weight is 468 g/mol. The number of carbonyl (C=O) groups is 1. The number of hydrogen-bond donors (Lipinski definition) is 2. The second-order valence-electron chi connectivity index (χ2n) is 5.79. The summed E-state index contributed by atoms with van der Waals surface area (Å²) in [5, 5.41) is 13.7. The number of benzene rings is 2. The molecule has 2 aromatic rings. The second kappa shape index (κ2) is 8.88. The van der Waals surface area contributed by atoms with Crippen molar-refractivity contribution in [2.75, 3.05) is 13.7 Å². The molecule has 0 heterocycles.